The summed E-state index contributed by atoms with van der Waals surface area (Å²) in [6, 6.07) is 6.57. The Labute approximate surface area is 284 Å². The van der Waals surface area contributed by atoms with Crippen molar-refractivity contribution in [3.63, 3.8) is 0 Å². The molecule has 0 spiro atoms. The van der Waals surface area contributed by atoms with Crippen molar-refractivity contribution in [1.82, 2.24) is 9.55 Å². The predicted molar refractivity (Wildman–Crippen MR) is 185 cm³/mol. The number of rotatable bonds is 9. The van der Waals surface area contributed by atoms with Gasteiger partial charge in [-0.1, -0.05) is 64.7 Å². The van der Waals surface area contributed by atoms with E-state index in [4.69, 9.17) is 56.1 Å². The maximum Gasteiger partial charge on any atom is 0.475 e. The van der Waals surface area contributed by atoms with Crippen molar-refractivity contribution in [2.24, 2.45) is 0 Å². The lowest BCUT2D eigenvalue weighted by atomic mass is 10.1. The highest BCUT2D eigenvalue weighted by molar-refractivity contribution is 7.48. The number of halogens is 2. The van der Waals surface area contributed by atoms with E-state index in [0.29, 0.717) is 22.0 Å². The van der Waals surface area contributed by atoms with Gasteiger partial charge in [-0.25, -0.2) is 9.36 Å². The first-order valence-electron chi connectivity index (χ1n) is 15.4. The molecule has 0 amide bonds. The summed E-state index contributed by atoms with van der Waals surface area (Å²) in [5.41, 5.74) is 5.90. The van der Waals surface area contributed by atoms with Crippen molar-refractivity contribution in [2.45, 2.75) is 115 Å². The molecule has 258 valence electrons. The Morgan fingerprint density at radius 2 is 1.57 bits per heavy atom. The van der Waals surface area contributed by atoms with Crippen LogP contribution in [-0.2, 0) is 31.7 Å². The van der Waals surface area contributed by atoms with Crippen molar-refractivity contribution in [1.29, 1.82) is 0 Å². The van der Waals surface area contributed by atoms with Gasteiger partial charge in [0.25, 0.3) is 0 Å². The highest BCUT2D eigenvalue weighted by Crippen LogP contribution is 2.58. The van der Waals surface area contributed by atoms with E-state index in [2.05, 4.69) is 72.7 Å². The smallest absolute Gasteiger partial charge is 0.408 e. The summed E-state index contributed by atoms with van der Waals surface area (Å²) in [5, 5.41) is 0.546. The summed E-state index contributed by atoms with van der Waals surface area (Å²) >= 11 is 12.4. The molecule has 0 saturated carbocycles. The van der Waals surface area contributed by atoms with E-state index >= 15 is 0 Å². The third-order valence-electron chi connectivity index (χ3n) is 9.42. The van der Waals surface area contributed by atoms with Crippen LogP contribution in [0.3, 0.4) is 0 Å². The average Bonchev–Trinajstić information content (AvgIpc) is 3.21. The van der Waals surface area contributed by atoms with Crippen molar-refractivity contribution in [3.8, 4) is 0 Å². The largest absolute Gasteiger partial charge is 0.475 e. The molecule has 1 aromatic heterocycles. The molecule has 3 heterocycles. The molecule has 1 aromatic carbocycles. The minimum absolute atomic E-state index is 0.0929. The fourth-order valence-corrected chi connectivity index (χ4v) is 9.26. The molecule has 11 nitrogen and oxygen atoms in total. The molecule has 2 N–H and O–H groups in total. The standard InChI is InChI=1S/C30H48Cl2N3O8PSi2/c1-29(2,3)45(7,8)42-25-23(18-39-44(37)38-14-12-22(41-44)19-15-20(31)17-21(32)16-19)40-27(35-13-11-24(33)34-28(35)36)26(25)43-46(9,10)30(4,5)6/h11,13,15-17,22-23,25-27H,12,14,18H2,1-10H3,(H2,33,34,36)/t22-,23+,25+,26-,27+,44+/m0/s1. The number of anilines is 1. The first-order valence-corrected chi connectivity index (χ1v) is 23.4. The molecule has 0 radical (unpaired) electrons. The van der Waals surface area contributed by atoms with Crippen LogP contribution in [0.1, 0.15) is 65.9 Å². The molecule has 6 atom stereocenters. The molecule has 2 saturated heterocycles. The number of nitrogen functional groups attached to an aromatic ring is 1. The minimum atomic E-state index is -4.06. The van der Waals surface area contributed by atoms with E-state index in [1.165, 1.54) is 10.6 Å². The zero-order chi connectivity index (χ0) is 34.5. The molecule has 0 bridgehead atoms. The van der Waals surface area contributed by atoms with Gasteiger partial charge in [0.15, 0.2) is 22.9 Å². The Morgan fingerprint density at radius 3 is 2.11 bits per heavy atom. The normalized spacial score (nSPS) is 28.0. The first-order chi connectivity index (χ1) is 21.0. The van der Waals surface area contributed by atoms with Crippen molar-refractivity contribution < 1.29 is 31.7 Å². The second-order valence-electron chi connectivity index (χ2n) is 15.0. The Hall–Kier alpha value is -1.10. The summed E-state index contributed by atoms with van der Waals surface area (Å²) in [5.74, 6) is 0.0929. The number of aromatic nitrogens is 2. The van der Waals surface area contributed by atoms with E-state index < -0.39 is 60.8 Å². The molecule has 46 heavy (non-hydrogen) atoms. The van der Waals surface area contributed by atoms with Gasteiger partial charge in [0, 0.05) is 22.7 Å². The number of hydrogen-bond acceptors (Lipinski definition) is 10. The molecule has 2 aliphatic rings. The lowest BCUT2D eigenvalue weighted by molar-refractivity contribution is -0.0592. The topological polar surface area (TPSA) is 133 Å². The number of phosphoric ester groups is 1. The van der Waals surface area contributed by atoms with Gasteiger partial charge in [-0.2, -0.15) is 4.98 Å². The van der Waals surface area contributed by atoms with Crippen LogP contribution in [0, 0.1) is 0 Å². The molecular formula is C30H48Cl2N3O8PSi2. The average molecular weight is 737 g/mol. The number of phosphoric acid groups is 1. The first kappa shape index (κ1) is 37.7. The Kier molecular flexibility index (Phi) is 11.2. The fourth-order valence-electron chi connectivity index (χ4n) is 4.72. The van der Waals surface area contributed by atoms with Gasteiger partial charge in [-0.05, 0) is 66.1 Å². The summed E-state index contributed by atoms with van der Waals surface area (Å²) in [6.45, 7) is 21.3. The van der Waals surface area contributed by atoms with Gasteiger partial charge in [0.05, 0.1) is 19.3 Å². The Morgan fingerprint density at radius 1 is 1.00 bits per heavy atom. The summed E-state index contributed by atoms with van der Waals surface area (Å²) in [6.07, 6.45) is -1.78. The van der Waals surface area contributed by atoms with E-state index in [1.807, 2.05) is 0 Å². The number of benzene rings is 1. The van der Waals surface area contributed by atoms with Crippen LogP contribution in [0.2, 0.25) is 46.3 Å². The van der Waals surface area contributed by atoms with Gasteiger partial charge in [-0.15, -0.1) is 0 Å². The van der Waals surface area contributed by atoms with Crippen LogP contribution in [0.15, 0.2) is 35.3 Å². The summed E-state index contributed by atoms with van der Waals surface area (Å²) in [7, 11) is -8.99. The van der Waals surface area contributed by atoms with Gasteiger partial charge in [0.1, 0.15) is 24.1 Å². The van der Waals surface area contributed by atoms with Crippen LogP contribution < -0.4 is 11.4 Å². The number of hydrogen-bond donors (Lipinski definition) is 1. The third kappa shape index (κ3) is 8.54. The molecule has 0 unspecified atom stereocenters. The fraction of sp³-hybridized carbons (Fsp3) is 0.667. The van der Waals surface area contributed by atoms with Crippen LogP contribution in [-0.4, -0.2) is 57.7 Å². The zero-order valence-electron chi connectivity index (χ0n) is 28.3. The monoisotopic (exact) mass is 735 g/mol. The molecule has 0 aliphatic carbocycles. The molecule has 2 aromatic rings. The molecule has 2 aliphatic heterocycles. The molecular weight excluding hydrogens is 688 g/mol. The Bertz CT molecular complexity index is 1490. The second kappa shape index (κ2) is 13.7. The maximum absolute atomic E-state index is 13.9. The van der Waals surface area contributed by atoms with Crippen LogP contribution in [0.5, 0.6) is 0 Å². The van der Waals surface area contributed by atoms with Crippen molar-refractivity contribution in [3.05, 3.63) is 56.6 Å². The van der Waals surface area contributed by atoms with Crippen LogP contribution in [0.25, 0.3) is 0 Å². The molecule has 16 heteroatoms. The highest BCUT2D eigenvalue weighted by Gasteiger charge is 2.55. The third-order valence-corrected chi connectivity index (χ3v) is 20.3. The number of nitrogens with two attached hydrogens (primary N) is 1. The van der Waals surface area contributed by atoms with E-state index in [1.54, 1.807) is 24.4 Å². The summed E-state index contributed by atoms with van der Waals surface area (Å²) < 4.78 is 53.3. The predicted octanol–water partition coefficient (Wildman–Crippen LogP) is 8.11. The van der Waals surface area contributed by atoms with Crippen molar-refractivity contribution >= 4 is 53.5 Å². The van der Waals surface area contributed by atoms with Gasteiger partial charge >= 0.3 is 13.5 Å². The van der Waals surface area contributed by atoms with Gasteiger partial charge < -0.3 is 19.3 Å². The minimum Gasteiger partial charge on any atom is -0.408 e. The van der Waals surface area contributed by atoms with Crippen LogP contribution >= 0.6 is 31.0 Å². The van der Waals surface area contributed by atoms with Gasteiger partial charge in [-0.3, -0.25) is 18.1 Å². The van der Waals surface area contributed by atoms with Gasteiger partial charge in [0.2, 0.25) is 0 Å². The second-order valence-corrected chi connectivity index (χ2v) is 27.0. The van der Waals surface area contributed by atoms with E-state index in [-0.39, 0.29) is 29.1 Å². The lowest BCUT2D eigenvalue weighted by Crippen LogP contribution is -2.54. The van der Waals surface area contributed by atoms with E-state index in [0.717, 1.165) is 0 Å². The molecule has 4 rings (SSSR count). The highest BCUT2D eigenvalue weighted by atomic mass is 35.5. The maximum atomic E-state index is 13.9. The quantitative estimate of drug-likeness (QED) is 0.199. The lowest BCUT2D eigenvalue weighted by Gasteiger charge is -2.44. The number of nitrogens with zero attached hydrogens (tertiary/aromatic N) is 2. The van der Waals surface area contributed by atoms with Crippen LogP contribution in [0.4, 0.5) is 5.82 Å². The molecule has 2 fully saturated rings. The summed E-state index contributed by atoms with van der Waals surface area (Å²) in [4.78, 5) is 17.1. The van der Waals surface area contributed by atoms with E-state index in [9.17, 15) is 9.36 Å². The Balaban J connectivity index is 1.70. The SMILES string of the molecule is CC(C)(C)[Si](C)(C)O[C@H]1[C@H](O[Si](C)(C)C(C)(C)C)[C@@H](CO[P@@]2(=O)OCC[C@@H](c3cc(Cl)cc(Cl)c3)O2)O[C@H]1n1ccc(N)nc1=O. The van der Waals surface area contributed by atoms with Crippen molar-refractivity contribution in [2.75, 3.05) is 18.9 Å². The number of ether oxygens (including phenoxy) is 1. The zero-order valence-corrected chi connectivity index (χ0v) is 32.7.